The number of carboxylic acids is 1. The molecule has 2 aromatic rings. The van der Waals surface area contributed by atoms with Gasteiger partial charge in [0.1, 0.15) is 0 Å². The van der Waals surface area contributed by atoms with E-state index in [9.17, 15) is 9.90 Å². The van der Waals surface area contributed by atoms with Crippen LogP contribution in [0.2, 0.25) is 0 Å². The first kappa shape index (κ1) is 13.6. The van der Waals surface area contributed by atoms with Gasteiger partial charge in [-0.1, -0.05) is 12.5 Å². The molecule has 1 aliphatic carbocycles. The second-order valence-electron chi connectivity index (χ2n) is 5.03. The van der Waals surface area contributed by atoms with Crippen LogP contribution in [-0.4, -0.2) is 20.9 Å². The number of hydrogen-bond donors (Lipinski definition) is 1. The van der Waals surface area contributed by atoms with E-state index in [0.717, 1.165) is 52.6 Å². The molecule has 20 heavy (non-hydrogen) atoms. The number of halogens is 1. The van der Waals surface area contributed by atoms with Crippen molar-refractivity contribution in [2.75, 3.05) is 0 Å². The number of fused-ring (bicyclic) bond motifs is 1. The number of rotatable bonds is 2. The van der Waals surface area contributed by atoms with Crippen molar-refractivity contribution in [3.8, 4) is 5.69 Å². The summed E-state index contributed by atoms with van der Waals surface area (Å²) < 4.78 is 2.95. The molecule has 3 rings (SSSR count). The van der Waals surface area contributed by atoms with E-state index >= 15 is 0 Å². The summed E-state index contributed by atoms with van der Waals surface area (Å²) in [6.07, 6.45) is 5.02. The minimum Gasteiger partial charge on any atom is -0.476 e. The zero-order valence-corrected chi connectivity index (χ0v) is 13.1. The molecule has 0 radical (unpaired) electrons. The Hall–Kier alpha value is -1.37. The lowest BCUT2D eigenvalue weighted by atomic mass is 10.1. The highest BCUT2D eigenvalue weighted by atomic mass is 127. The van der Waals surface area contributed by atoms with Gasteiger partial charge in [-0.15, -0.1) is 0 Å². The first-order valence-electron chi connectivity index (χ1n) is 6.77. The van der Waals surface area contributed by atoms with Gasteiger partial charge in [0.05, 0.1) is 5.69 Å². The van der Waals surface area contributed by atoms with Gasteiger partial charge in [-0.25, -0.2) is 9.48 Å². The summed E-state index contributed by atoms with van der Waals surface area (Å²) in [5.41, 5.74) is 3.17. The number of aromatic nitrogens is 2. The third kappa shape index (κ3) is 2.46. The normalized spacial score (nSPS) is 14.7. The zero-order chi connectivity index (χ0) is 14.1. The molecular weight excluding hydrogens is 367 g/mol. The molecule has 1 aromatic heterocycles. The molecular formula is C15H15IN2O2. The summed E-state index contributed by atoms with van der Waals surface area (Å²) in [6, 6.07) is 8.00. The van der Waals surface area contributed by atoms with E-state index in [0.29, 0.717) is 0 Å². The summed E-state index contributed by atoms with van der Waals surface area (Å²) in [4.78, 5) is 11.4. The van der Waals surface area contributed by atoms with Crippen LogP contribution in [0.4, 0.5) is 0 Å². The minimum absolute atomic E-state index is 0.223. The van der Waals surface area contributed by atoms with Gasteiger partial charge in [0.2, 0.25) is 0 Å². The highest BCUT2D eigenvalue weighted by Crippen LogP contribution is 2.26. The van der Waals surface area contributed by atoms with Gasteiger partial charge in [-0.05, 0) is 66.5 Å². The van der Waals surface area contributed by atoms with Gasteiger partial charge in [0.15, 0.2) is 5.69 Å². The topological polar surface area (TPSA) is 55.1 Å². The van der Waals surface area contributed by atoms with E-state index in [1.165, 1.54) is 0 Å². The summed E-state index contributed by atoms with van der Waals surface area (Å²) in [6.45, 7) is 0. The fraction of sp³-hybridized carbons (Fsp3) is 0.333. The average Bonchev–Trinajstić information content (AvgIpc) is 2.61. The molecule has 1 aliphatic rings. The van der Waals surface area contributed by atoms with Gasteiger partial charge >= 0.3 is 5.97 Å². The van der Waals surface area contributed by atoms with Crippen LogP contribution >= 0.6 is 22.6 Å². The van der Waals surface area contributed by atoms with E-state index in [4.69, 9.17) is 0 Å². The molecule has 0 fully saturated rings. The van der Waals surface area contributed by atoms with Gasteiger partial charge in [-0.2, -0.15) is 5.10 Å². The maximum Gasteiger partial charge on any atom is 0.356 e. The fourth-order valence-corrected chi connectivity index (χ4v) is 3.30. The zero-order valence-electron chi connectivity index (χ0n) is 11.0. The van der Waals surface area contributed by atoms with Crippen molar-refractivity contribution in [3.63, 3.8) is 0 Å². The third-order valence-corrected chi connectivity index (χ3v) is 4.36. The van der Waals surface area contributed by atoms with Crippen LogP contribution in [0.15, 0.2) is 24.3 Å². The molecule has 5 heteroatoms. The molecule has 0 spiro atoms. The largest absolute Gasteiger partial charge is 0.476 e. The molecule has 104 valence electrons. The molecule has 0 unspecified atom stereocenters. The molecule has 1 N–H and O–H groups in total. The van der Waals surface area contributed by atoms with Crippen LogP contribution in [0.25, 0.3) is 5.69 Å². The first-order chi connectivity index (χ1) is 9.66. The van der Waals surface area contributed by atoms with Gasteiger partial charge < -0.3 is 5.11 Å². The molecule has 0 amide bonds. The van der Waals surface area contributed by atoms with Crippen molar-refractivity contribution < 1.29 is 9.90 Å². The predicted octanol–water partition coefficient (Wildman–Crippen LogP) is 3.44. The Bertz CT molecular complexity index is 664. The monoisotopic (exact) mass is 382 g/mol. The molecule has 0 saturated heterocycles. The van der Waals surface area contributed by atoms with Gasteiger partial charge in [-0.3, -0.25) is 0 Å². The summed E-state index contributed by atoms with van der Waals surface area (Å²) in [5, 5.41) is 13.7. The highest BCUT2D eigenvalue weighted by Gasteiger charge is 2.24. The lowest BCUT2D eigenvalue weighted by Gasteiger charge is -2.07. The van der Waals surface area contributed by atoms with Crippen molar-refractivity contribution in [3.05, 3.63) is 44.8 Å². The number of hydrogen-bond acceptors (Lipinski definition) is 2. The molecule has 1 aromatic carbocycles. The summed E-state index contributed by atoms with van der Waals surface area (Å²) in [5.74, 6) is -0.924. The Morgan fingerprint density at radius 1 is 1.25 bits per heavy atom. The number of carbonyl (C=O) groups is 1. The Balaban J connectivity index is 2.18. The van der Waals surface area contributed by atoms with E-state index in [-0.39, 0.29) is 5.69 Å². The Kier molecular flexibility index (Phi) is 3.78. The number of aromatic carboxylic acids is 1. The van der Waals surface area contributed by atoms with E-state index in [1.807, 2.05) is 28.9 Å². The first-order valence-corrected chi connectivity index (χ1v) is 7.84. The molecule has 0 aliphatic heterocycles. The predicted molar refractivity (Wildman–Crippen MR) is 84.5 cm³/mol. The number of benzene rings is 1. The maximum atomic E-state index is 11.4. The van der Waals surface area contributed by atoms with Gasteiger partial charge in [0, 0.05) is 14.8 Å². The fourth-order valence-electron chi connectivity index (χ4n) is 2.77. The minimum atomic E-state index is -0.924. The van der Waals surface area contributed by atoms with Crippen LogP contribution in [0.1, 0.15) is 41.0 Å². The second kappa shape index (κ2) is 5.55. The van der Waals surface area contributed by atoms with E-state index < -0.39 is 5.97 Å². The van der Waals surface area contributed by atoms with E-state index in [2.05, 4.69) is 27.7 Å². The van der Waals surface area contributed by atoms with Crippen LogP contribution in [0, 0.1) is 3.57 Å². The van der Waals surface area contributed by atoms with Crippen molar-refractivity contribution in [2.45, 2.75) is 32.1 Å². The average molecular weight is 382 g/mol. The molecule has 0 atom stereocenters. The smallest absolute Gasteiger partial charge is 0.356 e. The Morgan fingerprint density at radius 3 is 2.80 bits per heavy atom. The van der Waals surface area contributed by atoms with Crippen LogP contribution in [0.3, 0.4) is 0 Å². The Morgan fingerprint density at radius 2 is 2.05 bits per heavy atom. The van der Waals surface area contributed by atoms with Crippen molar-refractivity contribution in [1.29, 1.82) is 0 Å². The molecule has 0 saturated carbocycles. The second-order valence-corrected chi connectivity index (χ2v) is 6.28. The Labute approximate surface area is 130 Å². The highest BCUT2D eigenvalue weighted by molar-refractivity contribution is 14.1. The van der Waals surface area contributed by atoms with Crippen molar-refractivity contribution >= 4 is 28.6 Å². The van der Waals surface area contributed by atoms with Crippen LogP contribution < -0.4 is 0 Å². The lowest BCUT2D eigenvalue weighted by molar-refractivity contribution is 0.0688. The maximum absolute atomic E-state index is 11.4. The van der Waals surface area contributed by atoms with Gasteiger partial charge in [0.25, 0.3) is 0 Å². The van der Waals surface area contributed by atoms with Crippen molar-refractivity contribution in [2.24, 2.45) is 0 Å². The summed E-state index contributed by atoms with van der Waals surface area (Å²) >= 11 is 2.26. The molecule has 4 nitrogen and oxygen atoms in total. The number of carboxylic acid groups (broad SMARTS) is 1. The summed E-state index contributed by atoms with van der Waals surface area (Å²) in [7, 11) is 0. The number of nitrogens with zero attached hydrogens (tertiary/aromatic N) is 2. The van der Waals surface area contributed by atoms with Crippen LogP contribution in [-0.2, 0) is 12.8 Å². The quantitative estimate of drug-likeness (QED) is 0.640. The third-order valence-electron chi connectivity index (χ3n) is 3.69. The SMILES string of the molecule is O=C(O)c1nn(-c2cccc(I)c2)c2c1CCCCC2. The van der Waals surface area contributed by atoms with Crippen LogP contribution in [0.5, 0.6) is 0 Å². The van der Waals surface area contributed by atoms with Crippen molar-refractivity contribution in [1.82, 2.24) is 9.78 Å². The molecule has 1 heterocycles. The van der Waals surface area contributed by atoms with E-state index in [1.54, 1.807) is 0 Å². The standard InChI is InChI=1S/C15H15IN2O2/c16-10-5-4-6-11(9-10)18-13-8-3-1-2-7-12(13)14(17-18)15(19)20/h4-6,9H,1-3,7-8H2,(H,19,20). The molecule has 0 bridgehead atoms. The lowest BCUT2D eigenvalue weighted by Crippen LogP contribution is -2.04.